The van der Waals surface area contributed by atoms with E-state index >= 15 is 0 Å². The number of rotatable bonds is 2. The summed E-state index contributed by atoms with van der Waals surface area (Å²) in [6, 6.07) is 7.04. The predicted octanol–water partition coefficient (Wildman–Crippen LogP) is 3.71. The Labute approximate surface area is 129 Å². The Balaban J connectivity index is 2.01. The number of anilines is 1. The summed E-state index contributed by atoms with van der Waals surface area (Å²) >= 11 is 0. The van der Waals surface area contributed by atoms with Crippen molar-refractivity contribution in [2.45, 2.75) is 13.1 Å². The Kier molecular flexibility index (Phi) is 3.51. The zero-order valence-electron chi connectivity index (χ0n) is 11.9. The number of alkyl halides is 3. The maximum atomic E-state index is 13.0. The van der Waals surface area contributed by atoms with Gasteiger partial charge in [-0.1, -0.05) is 11.2 Å². The molecule has 0 saturated heterocycles. The largest absolute Gasteiger partial charge is 0.416 e. The van der Waals surface area contributed by atoms with E-state index in [9.17, 15) is 13.2 Å². The lowest BCUT2D eigenvalue weighted by molar-refractivity contribution is -0.138. The van der Waals surface area contributed by atoms with Crippen molar-refractivity contribution < 1.29 is 17.7 Å². The van der Waals surface area contributed by atoms with Crippen LogP contribution in [0.15, 0.2) is 41.1 Å². The number of benzene rings is 1. The second-order valence-electron chi connectivity index (χ2n) is 4.92. The van der Waals surface area contributed by atoms with E-state index in [-0.39, 0.29) is 28.7 Å². The first-order valence-electron chi connectivity index (χ1n) is 6.58. The van der Waals surface area contributed by atoms with Crippen molar-refractivity contribution in [2.75, 3.05) is 5.73 Å². The minimum Gasteiger partial charge on any atom is -0.384 e. The summed E-state index contributed by atoms with van der Waals surface area (Å²) < 4.78 is 44.0. The molecule has 0 atom stereocenters. The molecule has 3 aromatic rings. The van der Waals surface area contributed by atoms with Gasteiger partial charge in [0, 0.05) is 17.3 Å². The van der Waals surface area contributed by atoms with E-state index in [1.165, 1.54) is 25.3 Å². The lowest BCUT2D eigenvalue weighted by Gasteiger charge is -2.10. The number of nitrogen functional groups attached to an aromatic ring is 1. The van der Waals surface area contributed by atoms with Crippen molar-refractivity contribution >= 4 is 5.82 Å². The molecule has 0 aliphatic rings. The maximum absolute atomic E-state index is 13.0. The monoisotopic (exact) mass is 320 g/mol. The van der Waals surface area contributed by atoms with Crippen molar-refractivity contribution in [3.63, 3.8) is 0 Å². The molecule has 118 valence electrons. The van der Waals surface area contributed by atoms with Crippen LogP contribution < -0.4 is 5.73 Å². The minimum absolute atomic E-state index is 0.000818. The Morgan fingerprint density at radius 2 is 1.87 bits per heavy atom. The van der Waals surface area contributed by atoms with Crippen molar-refractivity contribution in [3.05, 3.63) is 47.7 Å². The Hall–Kier alpha value is -2.90. The van der Waals surface area contributed by atoms with Gasteiger partial charge in [-0.05, 0) is 36.8 Å². The number of halogens is 3. The average Bonchev–Trinajstić information content (AvgIpc) is 2.96. The van der Waals surface area contributed by atoms with Crippen molar-refractivity contribution in [1.82, 2.24) is 15.1 Å². The van der Waals surface area contributed by atoms with Crippen LogP contribution >= 0.6 is 0 Å². The van der Waals surface area contributed by atoms with Crippen LogP contribution in [-0.2, 0) is 6.18 Å². The quantitative estimate of drug-likeness (QED) is 0.779. The topological polar surface area (TPSA) is 77.8 Å². The Morgan fingerprint density at radius 1 is 1.09 bits per heavy atom. The van der Waals surface area contributed by atoms with Gasteiger partial charge in [0.1, 0.15) is 5.82 Å². The molecule has 2 heterocycles. The molecular weight excluding hydrogens is 309 g/mol. The van der Waals surface area contributed by atoms with Crippen molar-refractivity contribution in [3.8, 4) is 22.8 Å². The molecule has 2 N–H and O–H groups in total. The average molecular weight is 320 g/mol. The highest BCUT2D eigenvalue weighted by molar-refractivity contribution is 5.62. The number of aryl methyl sites for hydroxylation is 1. The molecule has 1 aromatic carbocycles. The second kappa shape index (κ2) is 5.38. The van der Waals surface area contributed by atoms with Gasteiger partial charge in [0.15, 0.2) is 0 Å². The molecule has 23 heavy (non-hydrogen) atoms. The maximum Gasteiger partial charge on any atom is 0.416 e. The van der Waals surface area contributed by atoms with Gasteiger partial charge < -0.3 is 10.3 Å². The van der Waals surface area contributed by atoms with Crippen LogP contribution in [0.5, 0.6) is 0 Å². The molecule has 0 spiro atoms. The Bertz CT molecular complexity index is 858. The summed E-state index contributed by atoms with van der Waals surface area (Å²) in [5.74, 6) is 0.507. The third-order valence-corrected chi connectivity index (χ3v) is 3.26. The van der Waals surface area contributed by atoms with E-state index < -0.39 is 11.7 Å². The summed E-state index contributed by atoms with van der Waals surface area (Å²) in [5.41, 5.74) is 5.73. The first kappa shape index (κ1) is 15.0. The number of nitrogens with zero attached hydrogens (tertiary/aromatic N) is 3. The fraction of sp³-hybridized carbons (Fsp3) is 0.133. The molecule has 0 aliphatic carbocycles. The van der Waals surface area contributed by atoms with Gasteiger partial charge >= 0.3 is 6.18 Å². The van der Waals surface area contributed by atoms with E-state index in [0.29, 0.717) is 5.56 Å². The number of hydrogen-bond donors (Lipinski definition) is 1. The Morgan fingerprint density at radius 3 is 2.57 bits per heavy atom. The van der Waals surface area contributed by atoms with E-state index in [0.717, 1.165) is 6.07 Å². The fourth-order valence-electron chi connectivity index (χ4n) is 2.11. The molecule has 2 aromatic heterocycles. The predicted molar refractivity (Wildman–Crippen MR) is 77.1 cm³/mol. The molecular formula is C15H11F3N4O. The van der Waals surface area contributed by atoms with Crippen LogP contribution in [0.1, 0.15) is 11.1 Å². The van der Waals surface area contributed by atoms with Crippen LogP contribution in [0.4, 0.5) is 19.0 Å². The fourth-order valence-corrected chi connectivity index (χ4v) is 2.11. The van der Waals surface area contributed by atoms with Gasteiger partial charge in [-0.3, -0.25) is 0 Å². The summed E-state index contributed by atoms with van der Waals surface area (Å²) in [4.78, 5) is 7.96. The molecule has 3 rings (SSSR count). The zero-order chi connectivity index (χ0) is 16.6. The lowest BCUT2D eigenvalue weighted by Crippen LogP contribution is -2.07. The highest BCUT2D eigenvalue weighted by Crippen LogP contribution is 2.34. The molecule has 5 nitrogen and oxygen atoms in total. The van der Waals surface area contributed by atoms with Gasteiger partial charge in [0.05, 0.1) is 5.56 Å². The summed E-state index contributed by atoms with van der Waals surface area (Å²) in [6.45, 7) is 1.39. The van der Waals surface area contributed by atoms with Crippen LogP contribution in [-0.4, -0.2) is 15.1 Å². The summed E-state index contributed by atoms with van der Waals surface area (Å²) in [6.07, 6.45) is -2.96. The molecule has 8 heteroatoms. The minimum atomic E-state index is -4.44. The van der Waals surface area contributed by atoms with Crippen molar-refractivity contribution in [1.29, 1.82) is 0 Å². The molecule has 0 saturated carbocycles. The summed E-state index contributed by atoms with van der Waals surface area (Å²) in [7, 11) is 0. The highest BCUT2D eigenvalue weighted by Gasteiger charge is 2.33. The third kappa shape index (κ3) is 3.01. The normalized spacial score (nSPS) is 11.7. The lowest BCUT2D eigenvalue weighted by atomic mass is 10.0. The highest BCUT2D eigenvalue weighted by atomic mass is 19.4. The smallest absolute Gasteiger partial charge is 0.384 e. The number of aromatic nitrogens is 3. The first-order chi connectivity index (χ1) is 10.8. The van der Waals surface area contributed by atoms with Crippen molar-refractivity contribution in [2.24, 2.45) is 0 Å². The third-order valence-electron chi connectivity index (χ3n) is 3.26. The van der Waals surface area contributed by atoms with Gasteiger partial charge in [-0.2, -0.15) is 18.2 Å². The molecule has 0 fully saturated rings. The van der Waals surface area contributed by atoms with E-state index in [2.05, 4.69) is 15.1 Å². The summed E-state index contributed by atoms with van der Waals surface area (Å²) in [5, 5.41) is 3.77. The molecule has 0 bridgehead atoms. The van der Waals surface area contributed by atoms with E-state index in [4.69, 9.17) is 10.3 Å². The van der Waals surface area contributed by atoms with Crippen LogP contribution in [0.25, 0.3) is 22.8 Å². The number of nitrogens with two attached hydrogens (primary N) is 1. The first-order valence-corrected chi connectivity index (χ1v) is 6.58. The van der Waals surface area contributed by atoms with E-state index in [1.807, 2.05) is 0 Å². The van der Waals surface area contributed by atoms with Crippen LogP contribution in [0.2, 0.25) is 0 Å². The van der Waals surface area contributed by atoms with Gasteiger partial charge in [0.25, 0.3) is 5.89 Å². The molecule has 0 unspecified atom stereocenters. The van der Waals surface area contributed by atoms with Gasteiger partial charge in [-0.25, -0.2) is 4.98 Å². The standard InChI is InChI=1S/C15H11F3N4O/c1-8-2-3-10(6-11(8)15(16,17)18)14-21-13(22-23-14)9-4-5-20-12(19)7-9/h2-7H,1H3,(H2,19,20). The molecule has 0 aliphatic heterocycles. The second-order valence-corrected chi connectivity index (χ2v) is 4.92. The zero-order valence-corrected chi connectivity index (χ0v) is 11.9. The molecule has 0 radical (unpaired) electrons. The van der Waals surface area contributed by atoms with Crippen LogP contribution in [0, 0.1) is 6.92 Å². The molecule has 0 amide bonds. The van der Waals surface area contributed by atoms with Gasteiger partial charge in [0.2, 0.25) is 5.82 Å². The SMILES string of the molecule is Cc1ccc(-c2nc(-c3ccnc(N)c3)no2)cc1C(F)(F)F. The number of hydrogen-bond acceptors (Lipinski definition) is 5. The van der Waals surface area contributed by atoms with Crippen LogP contribution in [0.3, 0.4) is 0 Å². The number of pyridine rings is 1. The van der Waals surface area contributed by atoms with E-state index in [1.54, 1.807) is 12.1 Å². The van der Waals surface area contributed by atoms with Gasteiger partial charge in [-0.15, -0.1) is 0 Å².